The van der Waals surface area contributed by atoms with Crippen molar-refractivity contribution < 1.29 is 5.11 Å². The third-order valence-corrected chi connectivity index (χ3v) is 2.83. The van der Waals surface area contributed by atoms with Crippen LogP contribution in [-0.4, -0.2) is 52.8 Å². The maximum Gasteiger partial charge on any atom is 0.231 e. The predicted molar refractivity (Wildman–Crippen MR) is 77.7 cm³/mol. The minimum absolute atomic E-state index is 0.113. The van der Waals surface area contributed by atoms with Crippen LogP contribution in [-0.2, 0) is 0 Å². The summed E-state index contributed by atoms with van der Waals surface area (Å²) in [6.07, 6.45) is 0.654. The molecule has 0 radical (unpaired) electrons. The molecule has 0 aliphatic heterocycles. The first-order valence-electron chi connectivity index (χ1n) is 6.70. The van der Waals surface area contributed by atoms with Gasteiger partial charge in [0.15, 0.2) is 0 Å². The van der Waals surface area contributed by atoms with Gasteiger partial charge in [-0.2, -0.15) is 15.0 Å². The summed E-state index contributed by atoms with van der Waals surface area (Å²) in [5, 5.41) is 15.0. The zero-order valence-corrected chi connectivity index (χ0v) is 12.1. The molecule has 0 bridgehead atoms. The summed E-state index contributed by atoms with van der Waals surface area (Å²) in [5.74, 6) is 1.72. The highest BCUT2D eigenvalue weighted by Crippen LogP contribution is 2.14. The Morgan fingerprint density at radius 1 is 1.16 bits per heavy atom. The van der Waals surface area contributed by atoms with Gasteiger partial charge in [-0.3, -0.25) is 0 Å². The van der Waals surface area contributed by atoms with Crippen molar-refractivity contribution in [2.75, 3.05) is 42.3 Å². The molecule has 0 aliphatic carbocycles. The minimum atomic E-state index is 0.113. The van der Waals surface area contributed by atoms with Crippen molar-refractivity contribution in [2.45, 2.75) is 33.2 Å². The molecule has 1 atom stereocenters. The van der Waals surface area contributed by atoms with E-state index in [1.54, 1.807) is 7.05 Å². The first kappa shape index (κ1) is 15.4. The second-order valence-corrected chi connectivity index (χ2v) is 4.26. The van der Waals surface area contributed by atoms with Gasteiger partial charge in [0, 0.05) is 32.8 Å². The van der Waals surface area contributed by atoms with Crippen LogP contribution in [0.4, 0.5) is 17.8 Å². The second-order valence-electron chi connectivity index (χ2n) is 4.26. The number of nitrogens with zero attached hydrogens (tertiary/aromatic N) is 4. The van der Waals surface area contributed by atoms with Crippen molar-refractivity contribution in [3.8, 4) is 0 Å². The molecule has 108 valence electrons. The molecule has 3 N–H and O–H groups in total. The van der Waals surface area contributed by atoms with Gasteiger partial charge < -0.3 is 20.6 Å². The number of hydrogen-bond acceptors (Lipinski definition) is 7. The van der Waals surface area contributed by atoms with Crippen LogP contribution < -0.4 is 15.5 Å². The Hall–Kier alpha value is -1.63. The summed E-state index contributed by atoms with van der Waals surface area (Å²) in [7, 11) is 1.78. The van der Waals surface area contributed by atoms with Crippen molar-refractivity contribution in [3.05, 3.63) is 0 Å². The second kappa shape index (κ2) is 7.73. The van der Waals surface area contributed by atoms with E-state index in [1.807, 2.05) is 6.92 Å². The van der Waals surface area contributed by atoms with Crippen molar-refractivity contribution in [3.63, 3.8) is 0 Å². The molecule has 1 unspecified atom stereocenters. The van der Waals surface area contributed by atoms with Crippen molar-refractivity contribution in [1.29, 1.82) is 0 Å². The monoisotopic (exact) mass is 268 g/mol. The quantitative estimate of drug-likeness (QED) is 0.647. The number of anilines is 3. The lowest BCUT2D eigenvalue weighted by molar-refractivity contribution is 0.282. The van der Waals surface area contributed by atoms with E-state index in [0.717, 1.165) is 13.1 Å². The summed E-state index contributed by atoms with van der Waals surface area (Å²) in [5.41, 5.74) is 0. The SMILES string of the molecule is CCN(CC)c1nc(NC)nc(NC(C)CCO)n1. The Morgan fingerprint density at radius 2 is 1.79 bits per heavy atom. The molecule has 1 aromatic rings. The molecule has 0 saturated carbocycles. The molecule has 0 amide bonds. The van der Waals surface area contributed by atoms with Crippen LogP contribution in [0.3, 0.4) is 0 Å². The average Bonchev–Trinajstić information content (AvgIpc) is 2.40. The molecule has 0 fully saturated rings. The highest BCUT2D eigenvalue weighted by atomic mass is 16.3. The molecule has 1 rings (SSSR count). The minimum Gasteiger partial charge on any atom is -0.396 e. The maximum absolute atomic E-state index is 8.92. The summed E-state index contributed by atoms with van der Waals surface area (Å²) >= 11 is 0. The molecule has 1 aromatic heterocycles. The Labute approximate surface area is 114 Å². The fourth-order valence-corrected chi connectivity index (χ4v) is 1.68. The third kappa shape index (κ3) is 4.51. The number of aliphatic hydroxyl groups is 1. The van der Waals surface area contributed by atoms with Gasteiger partial charge in [0.1, 0.15) is 0 Å². The summed E-state index contributed by atoms with van der Waals surface area (Å²) < 4.78 is 0. The Kier molecular flexibility index (Phi) is 6.27. The number of hydrogen-bond donors (Lipinski definition) is 3. The molecule has 7 heteroatoms. The normalized spacial score (nSPS) is 12.1. The van der Waals surface area contributed by atoms with E-state index in [2.05, 4.69) is 44.3 Å². The van der Waals surface area contributed by atoms with Gasteiger partial charge in [0.05, 0.1) is 0 Å². The number of nitrogens with one attached hydrogen (secondary N) is 2. The highest BCUT2D eigenvalue weighted by Gasteiger charge is 2.11. The predicted octanol–water partition coefficient (Wildman–Crippen LogP) is 0.942. The standard InChI is InChI=1S/C12H24N6O/c1-5-18(6-2)12-16-10(13-4)15-11(17-12)14-9(3)7-8-19/h9,19H,5-8H2,1-4H3,(H2,13,14,15,16,17). The third-order valence-electron chi connectivity index (χ3n) is 2.83. The van der Waals surface area contributed by atoms with Crippen LogP contribution in [0.5, 0.6) is 0 Å². The first-order valence-corrected chi connectivity index (χ1v) is 6.70. The van der Waals surface area contributed by atoms with Gasteiger partial charge in [-0.25, -0.2) is 0 Å². The van der Waals surface area contributed by atoms with E-state index in [-0.39, 0.29) is 12.6 Å². The van der Waals surface area contributed by atoms with E-state index in [0.29, 0.717) is 24.3 Å². The van der Waals surface area contributed by atoms with Gasteiger partial charge in [0.2, 0.25) is 17.8 Å². The maximum atomic E-state index is 8.92. The van der Waals surface area contributed by atoms with Crippen molar-refractivity contribution >= 4 is 17.8 Å². The molecular formula is C12H24N6O. The van der Waals surface area contributed by atoms with E-state index in [4.69, 9.17) is 5.11 Å². The lowest BCUT2D eigenvalue weighted by Gasteiger charge is -2.20. The molecule has 0 spiro atoms. The van der Waals surface area contributed by atoms with E-state index in [1.165, 1.54) is 0 Å². The number of rotatable bonds is 8. The van der Waals surface area contributed by atoms with Gasteiger partial charge in [-0.15, -0.1) is 0 Å². The van der Waals surface area contributed by atoms with Crippen LogP contribution in [0.25, 0.3) is 0 Å². The van der Waals surface area contributed by atoms with Crippen LogP contribution in [0.2, 0.25) is 0 Å². The fraction of sp³-hybridized carbons (Fsp3) is 0.750. The number of aliphatic hydroxyl groups excluding tert-OH is 1. The fourth-order valence-electron chi connectivity index (χ4n) is 1.68. The molecule has 7 nitrogen and oxygen atoms in total. The van der Waals surface area contributed by atoms with Gasteiger partial charge in [-0.1, -0.05) is 0 Å². The Balaban J connectivity index is 2.94. The molecule has 0 aromatic carbocycles. The van der Waals surface area contributed by atoms with E-state index in [9.17, 15) is 0 Å². The lowest BCUT2D eigenvalue weighted by atomic mass is 10.2. The van der Waals surface area contributed by atoms with E-state index >= 15 is 0 Å². The van der Waals surface area contributed by atoms with Crippen LogP contribution in [0, 0.1) is 0 Å². The smallest absolute Gasteiger partial charge is 0.231 e. The van der Waals surface area contributed by atoms with Gasteiger partial charge in [-0.05, 0) is 27.2 Å². The molecule has 1 heterocycles. The zero-order chi connectivity index (χ0) is 14.3. The molecule has 0 aliphatic rings. The van der Waals surface area contributed by atoms with E-state index < -0.39 is 0 Å². The van der Waals surface area contributed by atoms with Crippen LogP contribution >= 0.6 is 0 Å². The Morgan fingerprint density at radius 3 is 2.32 bits per heavy atom. The average molecular weight is 268 g/mol. The van der Waals surface area contributed by atoms with Crippen molar-refractivity contribution in [2.24, 2.45) is 0 Å². The number of aromatic nitrogens is 3. The molecule has 19 heavy (non-hydrogen) atoms. The lowest BCUT2D eigenvalue weighted by Crippen LogP contribution is -2.26. The van der Waals surface area contributed by atoms with Crippen LogP contribution in [0.1, 0.15) is 27.2 Å². The van der Waals surface area contributed by atoms with Crippen LogP contribution in [0.15, 0.2) is 0 Å². The summed E-state index contributed by atoms with van der Waals surface area (Å²) in [4.78, 5) is 15.1. The van der Waals surface area contributed by atoms with Gasteiger partial charge in [0.25, 0.3) is 0 Å². The molecule has 0 saturated heterocycles. The van der Waals surface area contributed by atoms with Gasteiger partial charge >= 0.3 is 0 Å². The first-order chi connectivity index (χ1) is 9.14. The largest absolute Gasteiger partial charge is 0.396 e. The topological polar surface area (TPSA) is 86.2 Å². The Bertz CT molecular complexity index is 382. The highest BCUT2D eigenvalue weighted by molar-refractivity contribution is 5.43. The molecular weight excluding hydrogens is 244 g/mol. The zero-order valence-electron chi connectivity index (χ0n) is 12.1. The van der Waals surface area contributed by atoms with Crippen molar-refractivity contribution in [1.82, 2.24) is 15.0 Å². The summed E-state index contributed by atoms with van der Waals surface area (Å²) in [6.45, 7) is 7.93. The summed E-state index contributed by atoms with van der Waals surface area (Å²) in [6, 6.07) is 0.113.